The Morgan fingerprint density at radius 3 is 2.10 bits per heavy atom. The molecule has 0 saturated heterocycles. The number of fused-ring (bicyclic) bond motifs is 3. The number of aromatic nitrogens is 3. The van der Waals surface area contributed by atoms with E-state index in [0.29, 0.717) is 5.92 Å². The number of furan rings is 1. The maximum absolute atomic E-state index is 6.51. The molecule has 1 saturated carbocycles. The minimum absolute atomic E-state index is 0.407. The first-order valence-corrected chi connectivity index (χ1v) is 14.7. The fourth-order valence-electron chi connectivity index (χ4n) is 6.34. The highest BCUT2D eigenvalue weighted by molar-refractivity contribution is 6.08. The van der Waals surface area contributed by atoms with Crippen LogP contribution in [0.15, 0.2) is 89.3 Å². The summed E-state index contributed by atoms with van der Waals surface area (Å²) in [6.45, 7) is 8.70. The second-order valence-corrected chi connectivity index (χ2v) is 12.2. The summed E-state index contributed by atoms with van der Waals surface area (Å²) >= 11 is 0. The number of aryl methyl sites for hydroxylation is 2. The molecule has 0 atom stereocenters. The quantitative estimate of drug-likeness (QED) is 0.220. The van der Waals surface area contributed by atoms with Crippen molar-refractivity contribution in [1.29, 1.82) is 0 Å². The van der Waals surface area contributed by atoms with Crippen LogP contribution >= 0.6 is 0 Å². The summed E-state index contributed by atoms with van der Waals surface area (Å²) in [5, 5.41) is 2.15. The van der Waals surface area contributed by atoms with E-state index < -0.39 is 5.41 Å². The van der Waals surface area contributed by atoms with Crippen molar-refractivity contribution in [3.63, 3.8) is 0 Å². The van der Waals surface area contributed by atoms with Crippen molar-refractivity contribution < 1.29 is 4.42 Å². The van der Waals surface area contributed by atoms with Crippen molar-refractivity contribution >= 4 is 22.1 Å². The molecule has 4 heterocycles. The summed E-state index contributed by atoms with van der Waals surface area (Å²) in [6, 6.07) is 29.8. The smallest absolute Gasteiger partial charge is 0.227 e. The molecule has 0 aliphatic heterocycles. The number of para-hydroxylation sites is 1. The van der Waals surface area contributed by atoms with Crippen molar-refractivity contribution in [3.8, 4) is 22.5 Å². The molecule has 4 aromatic heterocycles. The van der Waals surface area contributed by atoms with E-state index >= 15 is 0 Å². The zero-order valence-corrected chi connectivity index (χ0v) is 24.2. The van der Waals surface area contributed by atoms with E-state index in [1.807, 2.05) is 6.07 Å². The number of hydrogen-bond acceptors (Lipinski definition) is 4. The molecule has 204 valence electrons. The summed E-state index contributed by atoms with van der Waals surface area (Å²) < 4.78 is 6.51. The van der Waals surface area contributed by atoms with Crippen LogP contribution in [0.25, 0.3) is 44.6 Å². The number of nitrogens with zero attached hydrogens (tertiary/aromatic N) is 3. The van der Waals surface area contributed by atoms with Gasteiger partial charge < -0.3 is 4.42 Å². The van der Waals surface area contributed by atoms with Crippen molar-refractivity contribution in [1.82, 2.24) is 15.0 Å². The highest BCUT2D eigenvalue weighted by atomic mass is 16.3. The van der Waals surface area contributed by atoms with Gasteiger partial charge in [-0.05, 0) is 94.1 Å². The van der Waals surface area contributed by atoms with Gasteiger partial charge >= 0.3 is 0 Å². The number of benzene rings is 2. The molecule has 1 fully saturated rings. The lowest BCUT2D eigenvalue weighted by atomic mass is 9.83. The van der Waals surface area contributed by atoms with E-state index in [9.17, 15) is 0 Å². The molecule has 7 rings (SSSR count). The van der Waals surface area contributed by atoms with Gasteiger partial charge in [0.15, 0.2) is 0 Å². The normalized spacial score (nSPS) is 14.3. The lowest BCUT2D eigenvalue weighted by Crippen LogP contribution is -2.23. The molecule has 0 N–H and O–H groups in total. The van der Waals surface area contributed by atoms with Crippen LogP contribution in [-0.2, 0) is 5.41 Å². The Labute approximate surface area is 241 Å². The summed E-state index contributed by atoms with van der Waals surface area (Å²) in [5.74, 6) is 0.549. The zero-order chi connectivity index (χ0) is 28.1. The van der Waals surface area contributed by atoms with E-state index in [1.54, 1.807) is 0 Å². The standard InChI is InChI=1S/C37H35N3O/c1-23-19-31(26-11-6-5-7-12-26)38-33(21-23)37(3,4)34-22-24(2)20-32(39-34)29-16-10-15-27-28-17-18-30(25-13-8-9-14-25)40-36(28)41-35(27)29/h5-7,10-12,15-22,25H,8-9,13-14H2,1-4H3. The van der Waals surface area contributed by atoms with Gasteiger partial charge in [-0.3, -0.25) is 9.97 Å². The maximum atomic E-state index is 6.51. The summed E-state index contributed by atoms with van der Waals surface area (Å²) in [4.78, 5) is 15.4. The van der Waals surface area contributed by atoms with Crippen LogP contribution in [0.2, 0.25) is 0 Å². The number of rotatable bonds is 5. The Bertz CT molecular complexity index is 1900. The molecule has 0 radical (unpaired) electrons. The minimum Gasteiger partial charge on any atom is -0.437 e. The van der Waals surface area contributed by atoms with Crippen LogP contribution in [0.1, 0.15) is 73.7 Å². The highest BCUT2D eigenvalue weighted by Gasteiger charge is 2.29. The first-order valence-electron chi connectivity index (χ1n) is 14.7. The van der Waals surface area contributed by atoms with E-state index in [4.69, 9.17) is 19.4 Å². The topological polar surface area (TPSA) is 51.8 Å². The Kier molecular flexibility index (Phi) is 6.23. The molecule has 0 unspecified atom stereocenters. The van der Waals surface area contributed by atoms with Crippen LogP contribution in [0.5, 0.6) is 0 Å². The lowest BCUT2D eigenvalue weighted by Gasteiger charge is -2.26. The van der Waals surface area contributed by atoms with Gasteiger partial charge in [-0.15, -0.1) is 0 Å². The van der Waals surface area contributed by atoms with Gasteiger partial charge in [0, 0.05) is 38.9 Å². The minimum atomic E-state index is -0.407. The van der Waals surface area contributed by atoms with Gasteiger partial charge in [-0.25, -0.2) is 4.98 Å². The average Bonchev–Trinajstić information content (AvgIpc) is 3.65. The third-order valence-corrected chi connectivity index (χ3v) is 8.72. The van der Waals surface area contributed by atoms with E-state index in [1.165, 1.54) is 31.2 Å². The SMILES string of the molecule is Cc1cc(-c2ccccc2)nc(C(C)(C)c2cc(C)cc(-c3cccc4c3oc3nc(C5CCCC5)ccc34)n2)c1. The van der Waals surface area contributed by atoms with Gasteiger partial charge in [0.1, 0.15) is 5.58 Å². The molecule has 1 aliphatic rings. The Morgan fingerprint density at radius 2 is 1.37 bits per heavy atom. The molecule has 4 nitrogen and oxygen atoms in total. The van der Waals surface area contributed by atoms with Gasteiger partial charge in [-0.1, -0.05) is 55.3 Å². The maximum Gasteiger partial charge on any atom is 0.227 e. The molecular weight excluding hydrogens is 502 g/mol. The van der Waals surface area contributed by atoms with Crippen LogP contribution in [-0.4, -0.2) is 15.0 Å². The first kappa shape index (κ1) is 25.6. The predicted octanol–water partition coefficient (Wildman–Crippen LogP) is 9.71. The Hall–Kier alpha value is -4.31. The molecule has 41 heavy (non-hydrogen) atoms. The fourth-order valence-corrected chi connectivity index (χ4v) is 6.34. The van der Waals surface area contributed by atoms with E-state index in [0.717, 1.165) is 67.2 Å². The molecule has 0 amide bonds. The van der Waals surface area contributed by atoms with Gasteiger partial charge in [-0.2, -0.15) is 0 Å². The molecule has 6 aromatic rings. The van der Waals surface area contributed by atoms with Crippen molar-refractivity contribution in [2.24, 2.45) is 0 Å². The summed E-state index contributed by atoms with van der Waals surface area (Å²) in [6.07, 6.45) is 5.02. The molecular formula is C37H35N3O. The lowest BCUT2D eigenvalue weighted by molar-refractivity contribution is 0.595. The van der Waals surface area contributed by atoms with Crippen molar-refractivity contribution in [2.45, 2.75) is 64.7 Å². The van der Waals surface area contributed by atoms with E-state index in [-0.39, 0.29) is 0 Å². The number of hydrogen-bond donors (Lipinski definition) is 0. The largest absolute Gasteiger partial charge is 0.437 e. The second-order valence-electron chi connectivity index (χ2n) is 12.2. The van der Waals surface area contributed by atoms with E-state index in [2.05, 4.69) is 107 Å². The van der Waals surface area contributed by atoms with Gasteiger partial charge in [0.05, 0.1) is 22.8 Å². The second kappa shape index (κ2) is 9.95. The molecule has 1 aliphatic carbocycles. The molecule has 0 spiro atoms. The fraction of sp³-hybridized carbons (Fsp3) is 0.270. The predicted molar refractivity (Wildman–Crippen MR) is 167 cm³/mol. The zero-order valence-electron chi connectivity index (χ0n) is 24.2. The van der Waals surface area contributed by atoms with Gasteiger partial charge in [0.2, 0.25) is 5.71 Å². The third kappa shape index (κ3) is 4.61. The Morgan fingerprint density at radius 1 is 0.683 bits per heavy atom. The van der Waals surface area contributed by atoms with Crippen LogP contribution in [0, 0.1) is 13.8 Å². The first-order chi connectivity index (χ1) is 19.9. The number of pyridine rings is 3. The highest BCUT2D eigenvalue weighted by Crippen LogP contribution is 2.39. The van der Waals surface area contributed by atoms with Crippen LogP contribution in [0.4, 0.5) is 0 Å². The summed E-state index contributed by atoms with van der Waals surface area (Å²) in [5.41, 5.74) is 10.7. The van der Waals surface area contributed by atoms with Crippen molar-refractivity contribution in [3.05, 3.63) is 113 Å². The van der Waals surface area contributed by atoms with Gasteiger partial charge in [0.25, 0.3) is 0 Å². The Balaban J connectivity index is 1.33. The molecule has 4 heteroatoms. The summed E-state index contributed by atoms with van der Waals surface area (Å²) in [7, 11) is 0. The monoisotopic (exact) mass is 537 g/mol. The van der Waals surface area contributed by atoms with Crippen molar-refractivity contribution in [2.75, 3.05) is 0 Å². The van der Waals surface area contributed by atoms with Crippen LogP contribution in [0.3, 0.4) is 0 Å². The molecule has 2 aromatic carbocycles. The molecule has 0 bridgehead atoms. The van der Waals surface area contributed by atoms with Crippen LogP contribution < -0.4 is 0 Å². The third-order valence-electron chi connectivity index (χ3n) is 8.72. The average molecular weight is 538 g/mol.